The molecule has 0 saturated heterocycles. The van der Waals surface area contributed by atoms with Gasteiger partial charge in [-0.1, -0.05) is 19.1 Å². The van der Waals surface area contributed by atoms with Crippen LogP contribution in [-0.4, -0.2) is 25.5 Å². The van der Waals surface area contributed by atoms with Gasteiger partial charge in [0.25, 0.3) is 5.91 Å². The summed E-state index contributed by atoms with van der Waals surface area (Å²) in [5.41, 5.74) is 0.146. The molecule has 1 aliphatic carbocycles. The Morgan fingerprint density at radius 2 is 1.75 bits per heavy atom. The molecule has 2 N–H and O–H groups in total. The van der Waals surface area contributed by atoms with E-state index in [2.05, 4.69) is 12.2 Å². The van der Waals surface area contributed by atoms with E-state index in [0.717, 1.165) is 54.2 Å². The lowest BCUT2D eigenvalue weighted by Crippen LogP contribution is -3.09. The van der Waals surface area contributed by atoms with Crippen LogP contribution in [0.5, 0.6) is 0 Å². The lowest BCUT2D eigenvalue weighted by atomic mass is 9.87. The van der Waals surface area contributed by atoms with Crippen molar-refractivity contribution in [1.82, 2.24) is 5.32 Å². The first-order chi connectivity index (χ1) is 11.2. The van der Waals surface area contributed by atoms with Crippen LogP contribution in [0.25, 0.3) is 0 Å². The van der Waals surface area contributed by atoms with Gasteiger partial charge in [-0.15, -0.1) is 0 Å². The van der Waals surface area contributed by atoms with Crippen LogP contribution < -0.4 is 10.2 Å². The minimum Gasteiger partial charge on any atom is -0.348 e. The van der Waals surface area contributed by atoms with Crippen LogP contribution in [0.3, 0.4) is 0 Å². The zero-order chi connectivity index (χ0) is 17.7. The predicted octanol–water partition coefficient (Wildman–Crippen LogP) is 2.42. The van der Waals surface area contributed by atoms with Crippen molar-refractivity contribution in [2.45, 2.75) is 51.4 Å². The number of quaternary nitrogens is 1. The standard InChI is InChI=1S/C18H25F3N2O/c1-13-3-9-16(10-4-13)22-17(24)12-23(2)11-14-5-7-15(8-6-14)18(19,20)21/h5-8,13,16H,3-4,9-12H2,1-2H3,(H,22,24)/p+1. The summed E-state index contributed by atoms with van der Waals surface area (Å²) in [5, 5.41) is 3.08. The maximum absolute atomic E-state index is 12.5. The Morgan fingerprint density at radius 1 is 1.17 bits per heavy atom. The van der Waals surface area contributed by atoms with E-state index in [1.165, 1.54) is 12.1 Å². The van der Waals surface area contributed by atoms with Gasteiger partial charge < -0.3 is 10.2 Å². The summed E-state index contributed by atoms with van der Waals surface area (Å²) in [6, 6.07) is 5.41. The third kappa shape index (κ3) is 5.82. The van der Waals surface area contributed by atoms with E-state index in [-0.39, 0.29) is 11.9 Å². The summed E-state index contributed by atoms with van der Waals surface area (Å²) in [7, 11) is 1.88. The van der Waals surface area contributed by atoms with Crippen LogP contribution in [0.4, 0.5) is 13.2 Å². The van der Waals surface area contributed by atoms with Gasteiger partial charge in [-0.2, -0.15) is 13.2 Å². The van der Waals surface area contributed by atoms with E-state index >= 15 is 0 Å². The first-order valence-electron chi connectivity index (χ1n) is 8.51. The first kappa shape index (κ1) is 18.8. The van der Waals surface area contributed by atoms with Crippen molar-refractivity contribution < 1.29 is 22.9 Å². The number of hydrogen-bond donors (Lipinski definition) is 2. The monoisotopic (exact) mass is 343 g/mol. The van der Waals surface area contributed by atoms with Crippen molar-refractivity contribution in [2.75, 3.05) is 13.6 Å². The maximum atomic E-state index is 12.5. The van der Waals surface area contributed by atoms with Crippen LogP contribution >= 0.6 is 0 Å². The summed E-state index contributed by atoms with van der Waals surface area (Å²) in [4.78, 5) is 13.1. The highest BCUT2D eigenvalue weighted by Gasteiger charge is 2.30. The van der Waals surface area contributed by atoms with E-state index in [1.54, 1.807) is 0 Å². The Morgan fingerprint density at radius 3 is 2.29 bits per heavy atom. The molecule has 1 aromatic carbocycles. The lowest BCUT2D eigenvalue weighted by molar-refractivity contribution is -0.885. The second kappa shape index (κ2) is 8.01. The Balaban J connectivity index is 1.78. The Kier molecular flexibility index (Phi) is 6.27. The summed E-state index contributed by atoms with van der Waals surface area (Å²) in [6.45, 7) is 3.08. The quantitative estimate of drug-likeness (QED) is 0.846. The zero-order valence-electron chi connectivity index (χ0n) is 14.2. The van der Waals surface area contributed by atoms with Gasteiger partial charge in [0, 0.05) is 11.6 Å². The van der Waals surface area contributed by atoms with Crippen molar-refractivity contribution in [3.63, 3.8) is 0 Å². The number of alkyl halides is 3. The highest BCUT2D eigenvalue weighted by Crippen LogP contribution is 2.29. The lowest BCUT2D eigenvalue weighted by Gasteiger charge is -2.27. The van der Waals surface area contributed by atoms with Gasteiger partial charge in [0.1, 0.15) is 6.54 Å². The Labute approximate surface area is 141 Å². The average Bonchev–Trinajstić information content (AvgIpc) is 2.49. The van der Waals surface area contributed by atoms with Crippen LogP contribution in [0.2, 0.25) is 0 Å². The third-order valence-electron chi connectivity index (χ3n) is 4.63. The number of halogens is 3. The molecule has 0 spiro atoms. The van der Waals surface area contributed by atoms with E-state index in [0.29, 0.717) is 13.1 Å². The number of nitrogens with one attached hydrogen (secondary N) is 2. The van der Waals surface area contributed by atoms with E-state index in [4.69, 9.17) is 0 Å². The molecule has 0 aliphatic heterocycles. The van der Waals surface area contributed by atoms with Gasteiger partial charge in [-0.05, 0) is 43.7 Å². The second-order valence-electron chi connectivity index (χ2n) is 7.03. The molecule has 0 aromatic heterocycles. The number of rotatable bonds is 5. The normalized spacial score (nSPS) is 22.9. The van der Waals surface area contributed by atoms with Gasteiger partial charge >= 0.3 is 6.18 Å². The molecule has 0 heterocycles. The number of hydrogen-bond acceptors (Lipinski definition) is 1. The van der Waals surface area contributed by atoms with Gasteiger partial charge in [-0.25, -0.2) is 0 Å². The SMILES string of the molecule is CC1CCC(NC(=O)C[NH+](C)Cc2ccc(C(F)(F)F)cc2)CC1. The number of benzene rings is 1. The van der Waals surface area contributed by atoms with Crippen LogP contribution in [-0.2, 0) is 17.5 Å². The molecule has 0 bridgehead atoms. The molecule has 3 nitrogen and oxygen atoms in total. The van der Waals surface area contributed by atoms with Crippen LogP contribution in [0.15, 0.2) is 24.3 Å². The largest absolute Gasteiger partial charge is 0.416 e. The fraction of sp³-hybridized carbons (Fsp3) is 0.611. The van der Waals surface area contributed by atoms with Gasteiger partial charge in [-0.3, -0.25) is 4.79 Å². The first-order valence-corrected chi connectivity index (χ1v) is 8.51. The smallest absolute Gasteiger partial charge is 0.348 e. The van der Waals surface area contributed by atoms with Crippen LogP contribution in [0.1, 0.15) is 43.7 Å². The number of amides is 1. The van der Waals surface area contributed by atoms with Gasteiger partial charge in [0.15, 0.2) is 6.54 Å². The van der Waals surface area contributed by atoms with Gasteiger partial charge in [0.05, 0.1) is 12.6 Å². The van der Waals surface area contributed by atoms with Gasteiger partial charge in [0.2, 0.25) is 0 Å². The van der Waals surface area contributed by atoms with E-state index < -0.39 is 11.7 Å². The Bertz CT molecular complexity index is 534. The van der Waals surface area contributed by atoms with Crippen molar-refractivity contribution in [1.29, 1.82) is 0 Å². The highest BCUT2D eigenvalue weighted by atomic mass is 19.4. The molecule has 1 unspecified atom stereocenters. The molecule has 2 rings (SSSR count). The van der Waals surface area contributed by atoms with Crippen molar-refractivity contribution in [2.24, 2.45) is 5.92 Å². The molecule has 1 aliphatic rings. The predicted molar refractivity (Wildman–Crippen MR) is 86.5 cm³/mol. The summed E-state index contributed by atoms with van der Waals surface area (Å²) in [5.74, 6) is 0.755. The molecule has 1 fully saturated rings. The molecule has 24 heavy (non-hydrogen) atoms. The maximum Gasteiger partial charge on any atom is 0.416 e. The highest BCUT2D eigenvalue weighted by molar-refractivity contribution is 5.77. The fourth-order valence-electron chi connectivity index (χ4n) is 3.18. The summed E-state index contributed by atoms with van der Waals surface area (Å²) < 4.78 is 37.6. The summed E-state index contributed by atoms with van der Waals surface area (Å²) >= 11 is 0. The molecule has 1 aromatic rings. The minimum absolute atomic E-state index is 0.0129. The zero-order valence-corrected chi connectivity index (χ0v) is 14.2. The topological polar surface area (TPSA) is 33.5 Å². The molecule has 1 saturated carbocycles. The molecule has 6 heteroatoms. The minimum atomic E-state index is -4.31. The average molecular weight is 343 g/mol. The number of carbonyl (C=O) groups excluding carboxylic acids is 1. The molecule has 134 valence electrons. The number of likely N-dealkylation sites (N-methyl/N-ethyl adjacent to an activating group) is 1. The second-order valence-corrected chi connectivity index (χ2v) is 7.03. The molecule has 1 amide bonds. The third-order valence-corrected chi connectivity index (χ3v) is 4.63. The van der Waals surface area contributed by atoms with E-state index in [1.807, 2.05) is 7.05 Å². The Hall–Kier alpha value is -1.56. The number of carbonyl (C=O) groups is 1. The molecule has 0 radical (unpaired) electrons. The molecular weight excluding hydrogens is 317 g/mol. The molecule has 1 atom stereocenters. The van der Waals surface area contributed by atoms with Crippen molar-refractivity contribution >= 4 is 5.91 Å². The molecular formula is C18H26F3N2O+. The van der Waals surface area contributed by atoms with E-state index in [9.17, 15) is 18.0 Å². The van der Waals surface area contributed by atoms with Crippen molar-refractivity contribution in [3.8, 4) is 0 Å². The summed E-state index contributed by atoms with van der Waals surface area (Å²) in [6.07, 6.45) is 0.0583. The fourth-order valence-corrected chi connectivity index (χ4v) is 3.18. The van der Waals surface area contributed by atoms with Crippen molar-refractivity contribution in [3.05, 3.63) is 35.4 Å². The van der Waals surface area contributed by atoms with Crippen LogP contribution in [0, 0.1) is 5.92 Å².